The van der Waals surface area contributed by atoms with Crippen LogP contribution in [-0.2, 0) is 25.8 Å². The zero-order chi connectivity index (χ0) is 20.1. The molecule has 1 atom stereocenters. The standard InChI is InChI=1S/C19H32N2O4S2/c1-15(2)20-27(24,25)19-11-9-17(10-12-19)13-16(3)21-26(22,23)14-18-7-5-4-6-8-18/h4-8,15-17,19-21H,9-14H2,1-3H3. The highest BCUT2D eigenvalue weighted by molar-refractivity contribution is 7.90. The van der Waals surface area contributed by atoms with E-state index in [1.807, 2.05) is 39.0 Å². The van der Waals surface area contributed by atoms with Gasteiger partial charge in [-0.2, -0.15) is 0 Å². The molecule has 0 radical (unpaired) electrons. The summed E-state index contributed by atoms with van der Waals surface area (Å²) in [6, 6.07) is 8.87. The van der Waals surface area contributed by atoms with E-state index in [0.29, 0.717) is 18.8 Å². The molecule has 6 nitrogen and oxygen atoms in total. The van der Waals surface area contributed by atoms with Crippen molar-refractivity contribution in [2.24, 2.45) is 5.92 Å². The first kappa shape index (κ1) is 22.3. The van der Waals surface area contributed by atoms with Gasteiger partial charge in [-0.25, -0.2) is 26.3 Å². The Morgan fingerprint density at radius 1 is 0.926 bits per heavy atom. The third kappa shape index (κ3) is 7.52. The molecule has 2 rings (SSSR count). The highest BCUT2D eigenvalue weighted by Gasteiger charge is 2.32. The SMILES string of the molecule is CC(C)NS(=O)(=O)C1CCC(CC(C)NS(=O)(=O)Cc2ccccc2)CC1. The van der Waals surface area contributed by atoms with E-state index in [1.165, 1.54) is 0 Å². The summed E-state index contributed by atoms with van der Waals surface area (Å²) in [4.78, 5) is 0. The zero-order valence-corrected chi connectivity index (χ0v) is 18.0. The van der Waals surface area contributed by atoms with E-state index < -0.39 is 20.0 Å². The van der Waals surface area contributed by atoms with Gasteiger partial charge < -0.3 is 0 Å². The molecule has 154 valence electrons. The van der Waals surface area contributed by atoms with Crippen molar-refractivity contribution in [1.29, 1.82) is 0 Å². The maximum atomic E-state index is 12.3. The van der Waals surface area contributed by atoms with Crippen LogP contribution in [0.2, 0.25) is 0 Å². The maximum absolute atomic E-state index is 12.3. The molecule has 0 spiro atoms. The first-order chi connectivity index (χ1) is 12.6. The predicted molar refractivity (Wildman–Crippen MR) is 109 cm³/mol. The molecule has 1 saturated carbocycles. The normalized spacial score (nSPS) is 22.7. The number of hydrogen-bond donors (Lipinski definition) is 2. The molecule has 0 aromatic heterocycles. The van der Waals surface area contributed by atoms with Gasteiger partial charge in [-0.05, 0) is 64.4 Å². The molecule has 0 bridgehead atoms. The molecule has 0 saturated heterocycles. The highest BCUT2D eigenvalue weighted by Crippen LogP contribution is 2.31. The second-order valence-electron chi connectivity index (χ2n) is 7.96. The van der Waals surface area contributed by atoms with Crippen molar-refractivity contribution in [3.63, 3.8) is 0 Å². The van der Waals surface area contributed by atoms with E-state index in [4.69, 9.17) is 0 Å². The van der Waals surface area contributed by atoms with Gasteiger partial charge in [0.15, 0.2) is 0 Å². The van der Waals surface area contributed by atoms with Gasteiger partial charge in [0.05, 0.1) is 11.0 Å². The Hall–Kier alpha value is -0.960. The van der Waals surface area contributed by atoms with Crippen LogP contribution in [0.15, 0.2) is 30.3 Å². The molecule has 0 heterocycles. The van der Waals surface area contributed by atoms with E-state index in [0.717, 1.165) is 24.8 Å². The zero-order valence-electron chi connectivity index (χ0n) is 16.4. The van der Waals surface area contributed by atoms with Crippen LogP contribution in [0.5, 0.6) is 0 Å². The van der Waals surface area contributed by atoms with E-state index in [1.54, 1.807) is 12.1 Å². The summed E-state index contributed by atoms with van der Waals surface area (Å²) in [5.41, 5.74) is 0.764. The summed E-state index contributed by atoms with van der Waals surface area (Å²) in [7, 11) is -6.65. The molecule has 1 aliphatic carbocycles. The minimum Gasteiger partial charge on any atom is -0.212 e. The average molecular weight is 417 g/mol. The Labute approximate surface area is 164 Å². The summed E-state index contributed by atoms with van der Waals surface area (Å²) in [5, 5.41) is -0.332. The Morgan fingerprint density at radius 2 is 1.52 bits per heavy atom. The summed E-state index contributed by atoms with van der Waals surface area (Å²) in [6.07, 6.45) is 3.63. The molecule has 1 fully saturated rings. The molecule has 8 heteroatoms. The van der Waals surface area contributed by atoms with Gasteiger partial charge in [-0.1, -0.05) is 30.3 Å². The van der Waals surface area contributed by atoms with Crippen molar-refractivity contribution < 1.29 is 16.8 Å². The molecule has 0 amide bonds. The molecular weight excluding hydrogens is 384 g/mol. The van der Waals surface area contributed by atoms with Crippen molar-refractivity contribution in [3.8, 4) is 0 Å². The minimum absolute atomic E-state index is 0.0238. The third-order valence-corrected chi connectivity index (χ3v) is 8.52. The number of rotatable bonds is 9. The van der Waals surface area contributed by atoms with Gasteiger partial charge in [-0.3, -0.25) is 0 Å². The third-order valence-electron chi connectivity index (χ3n) is 4.90. The van der Waals surface area contributed by atoms with E-state index in [2.05, 4.69) is 9.44 Å². The van der Waals surface area contributed by atoms with E-state index >= 15 is 0 Å². The number of benzene rings is 1. The Balaban J connectivity index is 1.81. The summed E-state index contributed by atoms with van der Waals surface area (Å²) >= 11 is 0. The number of sulfonamides is 2. The lowest BCUT2D eigenvalue weighted by molar-refractivity contribution is 0.315. The van der Waals surface area contributed by atoms with Gasteiger partial charge in [0, 0.05) is 12.1 Å². The second kappa shape index (κ2) is 9.49. The van der Waals surface area contributed by atoms with Crippen molar-refractivity contribution in [3.05, 3.63) is 35.9 Å². The molecule has 27 heavy (non-hydrogen) atoms. The Kier molecular flexibility index (Phi) is 7.85. The molecule has 2 N–H and O–H groups in total. The quantitative estimate of drug-likeness (QED) is 0.647. The van der Waals surface area contributed by atoms with Crippen LogP contribution in [0.1, 0.15) is 58.4 Å². The van der Waals surface area contributed by atoms with Crippen LogP contribution in [0, 0.1) is 5.92 Å². The van der Waals surface area contributed by atoms with Crippen LogP contribution >= 0.6 is 0 Å². The van der Waals surface area contributed by atoms with Gasteiger partial charge in [-0.15, -0.1) is 0 Å². The molecule has 0 aliphatic heterocycles. The van der Waals surface area contributed by atoms with Crippen molar-refractivity contribution in [2.45, 2.75) is 76.0 Å². The van der Waals surface area contributed by atoms with Gasteiger partial charge >= 0.3 is 0 Å². The minimum atomic E-state index is -3.39. The van der Waals surface area contributed by atoms with Crippen LogP contribution in [0.4, 0.5) is 0 Å². The van der Waals surface area contributed by atoms with Crippen molar-refractivity contribution in [1.82, 2.24) is 9.44 Å². The van der Waals surface area contributed by atoms with Gasteiger partial charge in [0.2, 0.25) is 20.0 Å². The number of nitrogens with one attached hydrogen (secondary N) is 2. The first-order valence-electron chi connectivity index (χ1n) is 9.62. The van der Waals surface area contributed by atoms with Gasteiger partial charge in [0.25, 0.3) is 0 Å². The molecule has 1 unspecified atom stereocenters. The van der Waals surface area contributed by atoms with E-state index in [-0.39, 0.29) is 23.1 Å². The second-order valence-corrected chi connectivity index (χ2v) is 11.7. The van der Waals surface area contributed by atoms with Crippen LogP contribution < -0.4 is 9.44 Å². The monoisotopic (exact) mass is 416 g/mol. The van der Waals surface area contributed by atoms with Crippen LogP contribution in [-0.4, -0.2) is 34.2 Å². The van der Waals surface area contributed by atoms with Crippen LogP contribution in [0.3, 0.4) is 0 Å². The number of hydrogen-bond acceptors (Lipinski definition) is 4. The predicted octanol–water partition coefficient (Wildman–Crippen LogP) is 2.77. The smallest absolute Gasteiger partial charge is 0.212 e. The topological polar surface area (TPSA) is 92.3 Å². The first-order valence-corrected chi connectivity index (χ1v) is 12.8. The molecular formula is C19H32N2O4S2. The van der Waals surface area contributed by atoms with Gasteiger partial charge in [0.1, 0.15) is 0 Å². The fraction of sp³-hybridized carbons (Fsp3) is 0.684. The lowest BCUT2D eigenvalue weighted by atomic mass is 9.85. The molecule has 1 aromatic rings. The van der Waals surface area contributed by atoms with E-state index in [9.17, 15) is 16.8 Å². The van der Waals surface area contributed by atoms with Crippen LogP contribution in [0.25, 0.3) is 0 Å². The Morgan fingerprint density at radius 3 is 2.07 bits per heavy atom. The highest BCUT2D eigenvalue weighted by atomic mass is 32.2. The van der Waals surface area contributed by atoms with Crippen molar-refractivity contribution in [2.75, 3.05) is 0 Å². The lowest BCUT2D eigenvalue weighted by Gasteiger charge is -2.30. The summed E-state index contributed by atoms with van der Waals surface area (Å²) in [6.45, 7) is 5.53. The van der Waals surface area contributed by atoms with Crippen molar-refractivity contribution >= 4 is 20.0 Å². The summed E-state index contributed by atoms with van der Waals surface area (Å²) in [5.74, 6) is 0.328. The lowest BCUT2D eigenvalue weighted by Crippen LogP contribution is -2.41. The maximum Gasteiger partial charge on any atom is 0.216 e. The summed E-state index contributed by atoms with van der Waals surface area (Å²) < 4.78 is 54.7. The fourth-order valence-electron chi connectivity index (χ4n) is 3.79. The fourth-order valence-corrected chi connectivity index (χ4v) is 6.96. The largest absolute Gasteiger partial charge is 0.216 e. The molecule has 1 aliphatic rings. The molecule has 1 aromatic carbocycles. The average Bonchev–Trinajstić information content (AvgIpc) is 2.54. The Bertz CT molecular complexity index is 784.